The third kappa shape index (κ3) is 7.65. The lowest BCUT2D eigenvalue weighted by atomic mass is 10.0. The molecule has 124 valence electrons. The number of carbonyl (C=O) groups is 1. The zero-order valence-corrected chi connectivity index (χ0v) is 15.0. The Labute approximate surface area is 137 Å². The Kier molecular flexibility index (Phi) is 7.27. The molecule has 2 aromatic carbocycles. The molecule has 0 bridgehead atoms. The minimum absolute atomic E-state index is 0.206. The lowest BCUT2D eigenvalue weighted by Gasteiger charge is -2.10. The summed E-state index contributed by atoms with van der Waals surface area (Å²) in [7, 11) is -4.43. The van der Waals surface area contributed by atoms with Gasteiger partial charge in [0, 0.05) is 5.56 Å². The summed E-state index contributed by atoms with van der Waals surface area (Å²) in [6, 6.07) is 14.1. The number of hydrogen-bond donors (Lipinski definition) is 3. The molecule has 0 aliphatic rings. The van der Waals surface area contributed by atoms with Crippen molar-refractivity contribution >= 4 is 27.2 Å². The van der Waals surface area contributed by atoms with E-state index < -0.39 is 7.82 Å². The van der Waals surface area contributed by atoms with E-state index in [4.69, 9.17) is 19.2 Å². The number of hydrogen-bond acceptors (Lipinski definition) is 2. The molecular formula is C16H20O5P2. The van der Waals surface area contributed by atoms with Crippen LogP contribution in [-0.4, -0.2) is 20.2 Å². The number of benzene rings is 2. The summed E-state index contributed by atoms with van der Waals surface area (Å²) in [4.78, 5) is 33.9. The van der Waals surface area contributed by atoms with Crippen molar-refractivity contribution in [3.05, 3.63) is 64.7 Å². The highest BCUT2D eigenvalue weighted by Crippen LogP contribution is 2.26. The van der Waals surface area contributed by atoms with Gasteiger partial charge in [0.05, 0.1) is 0 Å². The van der Waals surface area contributed by atoms with Gasteiger partial charge in [0.15, 0.2) is 5.52 Å². The first-order valence-electron chi connectivity index (χ1n) is 6.80. The second-order valence-corrected chi connectivity index (χ2v) is 7.42. The lowest BCUT2D eigenvalue weighted by molar-refractivity contribution is 0.108. The fourth-order valence-corrected chi connectivity index (χ4v) is 3.39. The summed E-state index contributed by atoms with van der Waals surface area (Å²) in [5, 5.41) is 1.10. The quantitative estimate of drug-likeness (QED) is 0.737. The van der Waals surface area contributed by atoms with Gasteiger partial charge in [-0.1, -0.05) is 48.0 Å². The van der Waals surface area contributed by atoms with E-state index in [1.807, 2.05) is 44.2 Å². The van der Waals surface area contributed by atoms with Gasteiger partial charge in [-0.3, -0.25) is 4.79 Å². The second-order valence-electron chi connectivity index (χ2n) is 5.11. The Morgan fingerprint density at radius 2 is 1.39 bits per heavy atom. The predicted molar refractivity (Wildman–Crippen MR) is 93.6 cm³/mol. The van der Waals surface area contributed by atoms with Gasteiger partial charge in [-0.2, -0.15) is 0 Å². The molecule has 1 atom stereocenters. The van der Waals surface area contributed by atoms with E-state index in [1.165, 1.54) is 5.56 Å². The Bertz CT molecular complexity index is 691. The fourth-order valence-electron chi connectivity index (χ4n) is 2.25. The minimum atomic E-state index is -4.64. The van der Waals surface area contributed by atoms with Crippen molar-refractivity contribution in [1.82, 2.24) is 0 Å². The normalized spacial score (nSPS) is 11.2. The van der Waals surface area contributed by atoms with Gasteiger partial charge >= 0.3 is 7.82 Å². The molecule has 0 spiro atoms. The molecule has 0 fully saturated rings. The maximum atomic E-state index is 12.4. The highest BCUT2D eigenvalue weighted by Gasteiger charge is 2.13. The molecular weight excluding hydrogens is 334 g/mol. The predicted octanol–water partition coefficient (Wildman–Crippen LogP) is 2.83. The largest absolute Gasteiger partial charge is 0.466 e. The highest BCUT2D eigenvalue weighted by atomic mass is 31.2. The zero-order chi connectivity index (χ0) is 17.6. The first-order chi connectivity index (χ1) is 10.6. The number of aryl methyl sites for hydroxylation is 3. The first-order valence-corrected chi connectivity index (χ1v) is 9.37. The van der Waals surface area contributed by atoms with Crippen LogP contribution in [0.2, 0.25) is 0 Å². The second kappa shape index (κ2) is 8.49. The van der Waals surface area contributed by atoms with Gasteiger partial charge in [0.2, 0.25) is 0 Å². The van der Waals surface area contributed by atoms with E-state index in [-0.39, 0.29) is 14.1 Å². The van der Waals surface area contributed by atoms with Gasteiger partial charge < -0.3 is 14.7 Å². The minimum Gasteiger partial charge on any atom is -0.303 e. The first kappa shape index (κ1) is 19.7. The Hall–Kier alpha value is -1.35. The third-order valence-corrected chi connectivity index (χ3v) is 4.03. The summed E-state index contributed by atoms with van der Waals surface area (Å²) >= 11 is 0. The summed E-state index contributed by atoms with van der Waals surface area (Å²) in [6.07, 6.45) is 0. The topological polar surface area (TPSA) is 94.8 Å². The summed E-state index contributed by atoms with van der Waals surface area (Å²) in [5.74, 6) is 0. The summed E-state index contributed by atoms with van der Waals surface area (Å²) in [6.45, 7) is 6.10. The van der Waals surface area contributed by atoms with E-state index in [9.17, 15) is 4.79 Å². The number of rotatable bonds is 3. The van der Waals surface area contributed by atoms with Gasteiger partial charge in [-0.25, -0.2) is 4.57 Å². The van der Waals surface area contributed by atoms with Crippen molar-refractivity contribution in [3.8, 4) is 0 Å². The van der Waals surface area contributed by atoms with Crippen molar-refractivity contribution < 1.29 is 24.0 Å². The van der Waals surface area contributed by atoms with Crippen LogP contribution in [0, 0.1) is 20.8 Å². The molecule has 0 radical (unpaired) electrons. The molecule has 23 heavy (non-hydrogen) atoms. The van der Waals surface area contributed by atoms with Crippen LogP contribution < -0.4 is 5.30 Å². The average Bonchev–Trinajstić information content (AvgIpc) is 2.36. The van der Waals surface area contributed by atoms with Crippen molar-refractivity contribution in [3.63, 3.8) is 0 Å². The maximum absolute atomic E-state index is 12.4. The molecule has 3 N–H and O–H groups in total. The van der Waals surface area contributed by atoms with Gasteiger partial charge in [-0.05, 0) is 45.8 Å². The Morgan fingerprint density at radius 3 is 1.83 bits per heavy atom. The van der Waals surface area contributed by atoms with E-state index in [0.29, 0.717) is 0 Å². The van der Waals surface area contributed by atoms with E-state index in [0.717, 1.165) is 22.0 Å². The van der Waals surface area contributed by atoms with Crippen molar-refractivity contribution in [2.75, 3.05) is 0 Å². The van der Waals surface area contributed by atoms with Crippen molar-refractivity contribution in [1.29, 1.82) is 0 Å². The van der Waals surface area contributed by atoms with Crippen LogP contribution in [0.5, 0.6) is 0 Å². The molecule has 5 nitrogen and oxygen atoms in total. The van der Waals surface area contributed by atoms with Gasteiger partial charge in [0.25, 0.3) is 0 Å². The molecule has 0 aliphatic carbocycles. The van der Waals surface area contributed by atoms with Crippen LogP contribution >= 0.6 is 16.4 Å². The smallest absolute Gasteiger partial charge is 0.303 e. The maximum Gasteiger partial charge on any atom is 0.466 e. The van der Waals surface area contributed by atoms with Crippen LogP contribution in [0.25, 0.3) is 0 Å². The van der Waals surface area contributed by atoms with Crippen LogP contribution in [0.3, 0.4) is 0 Å². The Balaban J connectivity index is 0.000000463. The van der Waals surface area contributed by atoms with E-state index >= 15 is 0 Å². The van der Waals surface area contributed by atoms with Crippen LogP contribution in [0.4, 0.5) is 0 Å². The summed E-state index contributed by atoms with van der Waals surface area (Å²) in [5.41, 5.74) is 4.51. The molecule has 7 heteroatoms. The fraction of sp³-hybridized carbons (Fsp3) is 0.188. The van der Waals surface area contributed by atoms with E-state index in [2.05, 4.69) is 19.1 Å². The molecule has 0 aromatic heterocycles. The highest BCUT2D eigenvalue weighted by molar-refractivity contribution is 7.66. The summed E-state index contributed by atoms with van der Waals surface area (Å²) < 4.78 is 8.88. The lowest BCUT2D eigenvalue weighted by Crippen LogP contribution is -2.04. The molecule has 1 unspecified atom stereocenters. The van der Waals surface area contributed by atoms with Crippen molar-refractivity contribution in [2.24, 2.45) is 0 Å². The molecule has 0 saturated carbocycles. The molecule has 0 heterocycles. The Morgan fingerprint density at radius 1 is 0.957 bits per heavy atom. The van der Waals surface area contributed by atoms with Gasteiger partial charge in [0.1, 0.15) is 0 Å². The number of phosphoric acid groups is 1. The van der Waals surface area contributed by atoms with Crippen LogP contribution in [0.15, 0.2) is 42.5 Å². The molecule has 2 rings (SSSR count). The van der Waals surface area contributed by atoms with Gasteiger partial charge in [-0.15, -0.1) is 0 Å². The average molecular weight is 354 g/mol. The molecule has 2 aromatic rings. The van der Waals surface area contributed by atoms with Crippen molar-refractivity contribution in [2.45, 2.75) is 20.8 Å². The van der Waals surface area contributed by atoms with Crippen LogP contribution in [-0.2, 0) is 4.57 Å². The molecule has 0 amide bonds. The molecule has 0 saturated heterocycles. The van der Waals surface area contributed by atoms with E-state index in [1.54, 1.807) is 0 Å². The standard InChI is InChI=1S/C16H17OP.H3O4P/c1-11-9-12(2)15(13(3)10-11)16(17)18-14-7-5-4-6-8-14;1-5(2,3)4/h4-10,18H,1-3H3;(H3,1,2,3,4). The van der Waals surface area contributed by atoms with Crippen LogP contribution in [0.1, 0.15) is 27.0 Å². The zero-order valence-electron chi connectivity index (χ0n) is 13.1. The number of carbonyl (C=O) groups excluding carboxylic acids is 1. The molecule has 0 aliphatic heterocycles. The monoisotopic (exact) mass is 354 g/mol. The third-order valence-electron chi connectivity index (χ3n) is 2.94. The SMILES string of the molecule is Cc1cc(C)c(C(=O)Pc2ccccc2)c(C)c1.O=P(O)(O)O.